The van der Waals surface area contributed by atoms with Crippen LogP contribution in [0.1, 0.15) is 42.6 Å². The van der Waals surface area contributed by atoms with Crippen LogP contribution in [0.15, 0.2) is 5.03 Å². The summed E-state index contributed by atoms with van der Waals surface area (Å²) in [6, 6.07) is 0. The van der Waals surface area contributed by atoms with Crippen molar-refractivity contribution in [2.75, 3.05) is 12.4 Å². The van der Waals surface area contributed by atoms with E-state index in [2.05, 4.69) is 9.97 Å². The lowest BCUT2D eigenvalue weighted by molar-refractivity contribution is 0.0690. The van der Waals surface area contributed by atoms with Crippen molar-refractivity contribution in [3.8, 4) is 0 Å². The van der Waals surface area contributed by atoms with Gasteiger partial charge in [0, 0.05) is 12.2 Å². The van der Waals surface area contributed by atoms with E-state index in [0.29, 0.717) is 35.3 Å². The Bertz CT molecular complexity index is 450. The first kappa shape index (κ1) is 15.9. The molecule has 0 fully saturated rings. The topological polar surface area (TPSA) is 72.3 Å². The zero-order valence-corrected chi connectivity index (χ0v) is 12.6. The number of rotatable bonds is 7. The van der Waals surface area contributed by atoms with Gasteiger partial charge in [-0.15, -0.1) is 11.8 Å². The lowest BCUT2D eigenvalue weighted by atomic mass is 10.2. The van der Waals surface area contributed by atoms with E-state index in [4.69, 9.17) is 4.74 Å². The lowest BCUT2D eigenvalue weighted by Crippen LogP contribution is -2.11. The number of nitrogens with zero attached hydrogens (tertiary/aromatic N) is 2. The van der Waals surface area contributed by atoms with Crippen molar-refractivity contribution in [3.63, 3.8) is 0 Å². The van der Waals surface area contributed by atoms with Crippen molar-refractivity contribution < 1.29 is 14.6 Å². The van der Waals surface area contributed by atoms with Crippen LogP contribution in [0.4, 0.5) is 0 Å². The van der Waals surface area contributed by atoms with Gasteiger partial charge in [-0.2, -0.15) is 0 Å². The molecule has 1 heterocycles. The van der Waals surface area contributed by atoms with Crippen molar-refractivity contribution in [3.05, 3.63) is 17.1 Å². The molecular formula is C13H20N2O3S. The first-order chi connectivity index (χ1) is 8.95. The molecule has 0 saturated heterocycles. The van der Waals surface area contributed by atoms with Crippen LogP contribution < -0.4 is 0 Å². The molecule has 0 radical (unpaired) electrons. The third-order valence-electron chi connectivity index (χ3n) is 2.41. The average molecular weight is 284 g/mol. The van der Waals surface area contributed by atoms with E-state index < -0.39 is 5.97 Å². The summed E-state index contributed by atoms with van der Waals surface area (Å²) in [4.78, 5) is 19.8. The van der Waals surface area contributed by atoms with Gasteiger partial charge in [-0.3, -0.25) is 0 Å². The van der Waals surface area contributed by atoms with Crippen LogP contribution in [-0.2, 0) is 11.2 Å². The maximum Gasteiger partial charge on any atom is 0.340 e. The number of ether oxygens (including phenoxy) is 1. The number of hydrogen-bond donors (Lipinski definition) is 1. The molecule has 0 atom stereocenters. The fourth-order valence-electron chi connectivity index (χ4n) is 1.53. The lowest BCUT2D eigenvalue weighted by Gasteiger charge is -2.10. The van der Waals surface area contributed by atoms with Gasteiger partial charge in [0.2, 0.25) is 0 Å². The Morgan fingerprint density at radius 1 is 1.42 bits per heavy atom. The molecule has 0 spiro atoms. The predicted molar refractivity (Wildman–Crippen MR) is 74.9 cm³/mol. The molecule has 106 valence electrons. The minimum Gasteiger partial charge on any atom is -0.478 e. The summed E-state index contributed by atoms with van der Waals surface area (Å²) in [5.74, 6) is 0.375. The quantitative estimate of drug-likeness (QED) is 0.471. The number of carboxylic acids is 1. The Kier molecular flexibility index (Phi) is 6.24. The molecule has 0 saturated carbocycles. The molecule has 0 aliphatic rings. The summed E-state index contributed by atoms with van der Waals surface area (Å²) < 4.78 is 5.44. The maximum atomic E-state index is 11.3. The van der Waals surface area contributed by atoms with Crippen LogP contribution >= 0.6 is 11.8 Å². The van der Waals surface area contributed by atoms with E-state index in [1.54, 1.807) is 6.92 Å². The van der Waals surface area contributed by atoms with Gasteiger partial charge >= 0.3 is 5.97 Å². The minimum absolute atomic E-state index is 0.179. The number of aromatic carboxylic acids is 1. The van der Waals surface area contributed by atoms with E-state index >= 15 is 0 Å². The van der Waals surface area contributed by atoms with Gasteiger partial charge in [-0.05, 0) is 20.8 Å². The minimum atomic E-state index is -0.979. The molecule has 0 amide bonds. The molecule has 0 aliphatic carbocycles. The SMILES string of the molecule is CCc1nc(C)c(C(=O)O)c(SCCOC(C)C)n1. The predicted octanol–water partition coefficient (Wildman–Crippen LogP) is 2.56. The summed E-state index contributed by atoms with van der Waals surface area (Å²) in [6.45, 7) is 8.17. The van der Waals surface area contributed by atoms with Gasteiger partial charge in [0.05, 0.1) is 18.4 Å². The standard InChI is InChI=1S/C13H20N2O3S/c1-5-10-14-9(4)11(13(16)17)12(15-10)19-7-6-18-8(2)3/h8H,5-7H2,1-4H3,(H,16,17). The molecular weight excluding hydrogens is 264 g/mol. The number of aryl methyl sites for hydroxylation is 2. The molecule has 0 unspecified atom stereocenters. The molecule has 6 heteroatoms. The van der Waals surface area contributed by atoms with Crippen LogP contribution in [-0.4, -0.2) is 39.5 Å². The number of hydrogen-bond acceptors (Lipinski definition) is 5. The van der Waals surface area contributed by atoms with E-state index in [-0.39, 0.29) is 11.7 Å². The average Bonchev–Trinajstić information content (AvgIpc) is 2.33. The highest BCUT2D eigenvalue weighted by Gasteiger charge is 2.17. The Labute approximate surface area is 117 Å². The Balaban J connectivity index is 2.84. The second-order valence-electron chi connectivity index (χ2n) is 4.33. The number of carboxylic acid groups (broad SMARTS) is 1. The van der Waals surface area contributed by atoms with Gasteiger partial charge in [-0.25, -0.2) is 14.8 Å². The number of thioether (sulfide) groups is 1. The summed E-state index contributed by atoms with van der Waals surface area (Å²) in [5.41, 5.74) is 0.721. The van der Waals surface area contributed by atoms with Gasteiger partial charge in [0.15, 0.2) is 0 Å². The van der Waals surface area contributed by atoms with Crippen molar-refractivity contribution in [1.29, 1.82) is 0 Å². The van der Waals surface area contributed by atoms with Gasteiger partial charge < -0.3 is 9.84 Å². The van der Waals surface area contributed by atoms with Crippen LogP contribution in [0, 0.1) is 6.92 Å². The first-order valence-electron chi connectivity index (χ1n) is 6.30. The Hall–Kier alpha value is -1.14. The molecule has 0 aliphatic heterocycles. The highest BCUT2D eigenvalue weighted by Crippen LogP contribution is 2.23. The maximum absolute atomic E-state index is 11.3. The molecule has 1 N–H and O–H groups in total. The second-order valence-corrected chi connectivity index (χ2v) is 5.42. The fourth-order valence-corrected chi connectivity index (χ4v) is 2.46. The molecule has 1 rings (SSSR count). The largest absolute Gasteiger partial charge is 0.478 e. The van der Waals surface area contributed by atoms with Crippen molar-refractivity contribution in [2.45, 2.75) is 45.2 Å². The Morgan fingerprint density at radius 3 is 2.63 bits per heavy atom. The van der Waals surface area contributed by atoms with E-state index in [9.17, 15) is 9.90 Å². The number of aromatic nitrogens is 2. The first-order valence-corrected chi connectivity index (χ1v) is 7.29. The Morgan fingerprint density at radius 2 is 2.11 bits per heavy atom. The van der Waals surface area contributed by atoms with Crippen LogP contribution in [0.5, 0.6) is 0 Å². The zero-order valence-electron chi connectivity index (χ0n) is 11.8. The molecule has 19 heavy (non-hydrogen) atoms. The van der Waals surface area contributed by atoms with Gasteiger partial charge in [-0.1, -0.05) is 6.92 Å². The highest BCUT2D eigenvalue weighted by atomic mass is 32.2. The van der Waals surface area contributed by atoms with Gasteiger partial charge in [0.1, 0.15) is 16.4 Å². The molecule has 1 aromatic heterocycles. The fraction of sp³-hybridized carbons (Fsp3) is 0.615. The second kappa shape index (κ2) is 7.45. The number of carbonyl (C=O) groups is 1. The summed E-state index contributed by atoms with van der Waals surface area (Å²) in [7, 11) is 0. The summed E-state index contributed by atoms with van der Waals surface area (Å²) >= 11 is 1.40. The van der Waals surface area contributed by atoms with E-state index in [0.717, 1.165) is 0 Å². The summed E-state index contributed by atoms with van der Waals surface area (Å²) in [6.07, 6.45) is 0.870. The van der Waals surface area contributed by atoms with Crippen LogP contribution in [0.3, 0.4) is 0 Å². The van der Waals surface area contributed by atoms with E-state index in [1.165, 1.54) is 11.8 Å². The molecule has 0 bridgehead atoms. The highest BCUT2D eigenvalue weighted by molar-refractivity contribution is 7.99. The smallest absolute Gasteiger partial charge is 0.340 e. The normalized spacial score (nSPS) is 11.0. The third-order valence-corrected chi connectivity index (χ3v) is 3.35. The van der Waals surface area contributed by atoms with Crippen LogP contribution in [0.25, 0.3) is 0 Å². The van der Waals surface area contributed by atoms with Crippen molar-refractivity contribution in [1.82, 2.24) is 9.97 Å². The molecule has 5 nitrogen and oxygen atoms in total. The molecule has 0 aromatic carbocycles. The van der Waals surface area contributed by atoms with Crippen molar-refractivity contribution >= 4 is 17.7 Å². The molecule has 1 aromatic rings. The van der Waals surface area contributed by atoms with Crippen LogP contribution in [0.2, 0.25) is 0 Å². The van der Waals surface area contributed by atoms with Gasteiger partial charge in [0.25, 0.3) is 0 Å². The van der Waals surface area contributed by atoms with Crippen molar-refractivity contribution in [2.24, 2.45) is 0 Å². The third kappa shape index (κ3) is 4.80. The monoisotopic (exact) mass is 284 g/mol. The van der Waals surface area contributed by atoms with E-state index in [1.807, 2.05) is 20.8 Å². The zero-order chi connectivity index (χ0) is 14.4. The summed E-state index contributed by atoms with van der Waals surface area (Å²) in [5, 5.41) is 9.76.